The molecule has 0 unspecified atom stereocenters. The lowest BCUT2D eigenvalue weighted by atomic mass is 10.2. The zero-order valence-corrected chi connectivity index (χ0v) is 10.6. The predicted molar refractivity (Wildman–Crippen MR) is 73.3 cm³/mol. The maximum atomic E-state index is 5.79. The van der Waals surface area contributed by atoms with E-state index in [1.165, 1.54) is 5.56 Å². The Bertz CT molecular complexity index is 674. The zero-order valence-electron chi connectivity index (χ0n) is 10.6. The molecule has 0 radical (unpaired) electrons. The Balaban J connectivity index is 1.86. The molecule has 0 spiro atoms. The number of hydrogen-bond donors (Lipinski definition) is 1. The molecule has 0 saturated heterocycles. The fourth-order valence-corrected chi connectivity index (χ4v) is 1.94. The zero-order chi connectivity index (χ0) is 13.1. The van der Waals surface area contributed by atoms with Crippen molar-refractivity contribution in [3.63, 3.8) is 0 Å². The van der Waals surface area contributed by atoms with Crippen LogP contribution in [0.15, 0.2) is 53.3 Å². The molecule has 0 atom stereocenters. The van der Waals surface area contributed by atoms with E-state index in [1.54, 1.807) is 12.5 Å². The summed E-state index contributed by atoms with van der Waals surface area (Å²) in [4.78, 5) is 4.24. The predicted octanol–water partition coefficient (Wildman–Crippen LogP) is 3.34. The molecule has 0 aliphatic carbocycles. The largest absolute Gasteiger partial charge is 0.464 e. The third-order valence-electron chi connectivity index (χ3n) is 2.86. The van der Waals surface area contributed by atoms with E-state index in [2.05, 4.69) is 10.3 Å². The number of fused-ring (bicyclic) bond motifs is 1. The summed E-state index contributed by atoms with van der Waals surface area (Å²) >= 11 is 0. The van der Waals surface area contributed by atoms with Crippen molar-refractivity contribution in [3.05, 3.63) is 54.4 Å². The van der Waals surface area contributed by atoms with Gasteiger partial charge >= 0.3 is 0 Å². The average Bonchev–Trinajstić information content (AvgIpc) is 2.91. The van der Waals surface area contributed by atoms with E-state index in [9.17, 15) is 0 Å². The topological polar surface area (TPSA) is 47.3 Å². The fourth-order valence-electron chi connectivity index (χ4n) is 1.94. The van der Waals surface area contributed by atoms with Crippen LogP contribution in [0.1, 0.15) is 5.56 Å². The van der Waals surface area contributed by atoms with Crippen molar-refractivity contribution >= 4 is 11.0 Å². The van der Waals surface area contributed by atoms with Gasteiger partial charge in [-0.05, 0) is 36.9 Å². The molecule has 2 heterocycles. The molecule has 2 aromatic heterocycles. The fraction of sp³-hybridized carbons (Fsp3) is 0.133. The van der Waals surface area contributed by atoms with Gasteiger partial charge < -0.3 is 14.5 Å². The van der Waals surface area contributed by atoms with Crippen LogP contribution in [0, 0.1) is 0 Å². The van der Waals surface area contributed by atoms with Gasteiger partial charge in [0.1, 0.15) is 11.3 Å². The molecule has 3 rings (SSSR count). The maximum Gasteiger partial charge on any atom is 0.230 e. The van der Waals surface area contributed by atoms with Gasteiger partial charge in [-0.15, -0.1) is 0 Å². The van der Waals surface area contributed by atoms with Gasteiger partial charge in [-0.3, -0.25) is 0 Å². The van der Waals surface area contributed by atoms with Gasteiger partial charge in [-0.1, -0.05) is 12.1 Å². The van der Waals surface area contributed by atoms with Crippen molar-refractivity contribution in [1.29, 1.82) is 0 Å². The van der Waals surface area contributed by atoms with E-state index in [0.717, 1.165) is 23.3 Å². The van der Waals surface area contributed by atoms with Crippen molar-refractivity contribution < 1.29 is 9.15 Å². The number of aromatic nitrogens is 1. The second kappa shape index (κ2) is 5.12. The van der Waals surface area contributed by atoms with Crippen LogP contribution in [0.2, 0.25) is 0 Å². The summed E-state index contributed by atoms with van der Waals surface area (Å²) in [5, 5.41) is 3.98. The Kier molecular flexibility index (Phi) is 3.16. The Hall–Kier alpha value is -2.33. The summed E-state index contributed by atoms with van der Waals surface area (Å²) in [5.74, 6) is 1.33. The van der Waals surface area contributed by atoms with Crippen LogP contribution in [-0.2, 0) is 6.54 Å². The van der Waals surface area contributed by atoms with E-state index in [-0.39, 0.29) is 0 Å². The molecule has 0 bridgehead atoms. The van der Waals surface area contributed by atoms with Gasteiger partial charge in [0.05, 0.1) is 11.6 Å². The summed E-state index contributed by atoms with van der Waals surface area (Å²) in [6.45, 7) is 0.843. The number of hydrogen-bond acceptors (Lipinski definition) is 4. The Morgan fingerprint density at radius 3 is 2.79 bits per heavy atom. The van der Waals surface area contributed by atoms with Crippen LogP contribution in [0.3, 0.4) is 0 Å². The third-order valence-corrected chi connectivity index (χ3v) is 2.86. The van der Waals surface area contributed by atoms with E-state index in [1.807, 2.05) is 43.4 Å². The normalized spacial score (nSPS) is 10.8. The molecule has 3 aromatic rings. The number of furan rings is 1. The van der Waals surface area contributed by atoms with Crippen LogP contribution >= 0.6 is 0 Å². The van der Waals surface area contributed by atoms with Gasteiger partial charge in [-0.2, -0.15) is 0 Å². The maximum absolute atomic E-state index is 5.79. The molecule has 96 valence electrons. The first-order valence-corrected chi connectivity index (χ1v) is 6.10. The van der Waals surface area contributed by atoms with E-state index in [4.69, 9.17) is 9.15 Å². The SMILES string of the molecule is CNCc1ccc(Oc2nccc3occc23)cc1. The van der Waals surface area contributed by atoms with Crippen molar-refractivity contribution in [3.8, 4) is 11.6 Å². The first-order chi connectivity index (χ1) is 9.36. The molecular formula is C15H14N2O2. The van der Waals surface area contributed by atoms with Crippen molar-refractivity contribution in [2.45, 2.75) is 6.54 Å². The number of nitrogens with one attached hydrogen (secondary N) is 1. The highest BCUT2D eigenvalue weighted by Gasteiger charge is 2.06. The van der Waals surface area contributed by atoms with Crippen LogP contribution in [0.5, 0.6) is 11.6 Å². The summed E-state index contributed by atoms with van der Waals surface area (Å²) in [6, 6.07) is 11.6. The van der Waals surface area contributed by atoms with Crippen LogP contribution in [-0.4, -0.2) is 12.0 Å². The lowest BCUT2D eigenvalue weighted by Gasteiger charge is -2.06. The highest BCUT2D eigenvalue weighted by molar-refractivity contribution is 5.82. The van der Waals surface area contributed by atoms with Gasteiger partial charge in [0.25, 0.3) is 0 Å². The van der Waals surface area contributed by atoms with Crippen molar-refractivity contribution in [2.75, 3.05) is 7.05 Å². The summed E-state index contributed by atoms with van der Waals surface area (Å²) in [7, 11) is 1.92. The summed E-state index contributed by atoms with van der Waals surface area (Å²) in [5.41, 5.74) is 1.99. The Morgan fingerprint density at radius 2 is 2.00 bits per heavy atom. The minimum atomic E-state index is 0.563. The molecule has 4 heteroatoms. The minimum Gasteiger partial charge on any atom is -0.464 e. The first kappa shape index (κ1) is 11.7. The number of pyridine rings is 1. The van der Waals surface area contributed by atoms with Crippen LogP contribution in [0.25, 0.3) is 11.0 Å². The quantitative estimate of drug-likeness (QED) is 0.775. The number of nitrogens with zero attached hydrogens (tertiary/aromatic N) is 1. The third kappa shape index (κ3) is 2.44. The minimum absolute atomic E-state index is 0.563. The van der Waals surface area contributed by atoms with Gasteiger partial charge in [0, 0.05) is 12.7 Å². The van der Waals surface area contributed by atoms with Crippen molar-refractivity contribution in [2.24, 2.45) is 0 Å². The van der Waals surface area contributed by atoms with E-state index >= 15 is 0 Å². The lowest BCUT2D eigenvalue weighted by molar-refractivity contribution is 0.468. The molecule has 0 fully saturated rings. The highest BCUT2D eigenvalue weighted by atomic mass is 16.5. The Labute approximate surface area is 111 Å². The standard InChI is InChI=1S/C15H14N2O2/c1-16-10-11-2-4-12(5-3-11)19-15-13-7-9-18-14(13)6-8-17-15/h2-9,16H,10H2,1H3. The molecule has 0 aliphatic heterocycles. The lowest BCUT2D eigenvalue weighted by Crippen LogP contribution is -2.04. The number of ether oxygens (including phenoxy) is 1. The van der Waals surface area contributed by atoms with Crippen LogP contribution < -0.4 is 10.1 Å². The highest BCUT2D eigenvalue weighted by Crippen LogP contribution is 2.28. The monoisotopic (exact) mass is 254 g/mol. The van der Waals surface area contributed by atoms with E-state index < -0.39 is 0 Å². The van der Waals surface area contributed by atoms with Gasteiger partial charge in [0.15, 0.2) is 0 Å². The molecule has 0 amide bonds. The molecular weight excluding hydrogens is 240 g/mol. The molecule has 0 aliphatic rings. The number of benzene rings is 1. The second-order valence-corrected chi connectivity index (χ2v) is 4.22. The van der Waals surface area contributed by atoms with E-state index in [0.29, 0.717) is 5.88 Å². The average molecular weight is 254 g/mol. The molecule has 19 heavy (non-hydrogen) atoms. The smallest absolute Gasteiger partial charge is 0.230 e. The van der Waals surface area contributed by atoms with Gasteiger partial charge in [-0.25, -0.2) is 4.98 Å². The summed E-state index contributed by atoms with van der Waals surface area (Å²) < 4.78 is 11.1. The number of rotatable bonds is 4. The first-order valence-electron chi connectivity index (χ1n) is 6.10. The Morgan fingerprint density at radius 1 is 1.16 bits per heavy atom. The van der Waals surface area contributed by atoms with Crippen LogP contribution in [0.4, 0.5) is 0 Å². The molecule has 1 N–H and O–H groups in total. The van der Waals surface area contributed by atoms with Crippen molar-refractivity contribution in [1.82, 2.24) is 10.3 Å². The molecule has 1 aromatic carbocycles. The molecule has 0 saturated carbocycles. The molecule has 4 nitrogen and oxygen atoms in total. The van der Waals surface area contributed by atoms with Gasteiger partial charge in [0.2, 0.25) is 5.88 Å². The second-order valence-electron chi connectivity index (χ2n) is 4.22. The summed E-state index contributed by atoms with van der Waals surface area (Å²) in [6.07, 6.45) is 3.31.